The molecular weight excluding hydrogens is 260 g/mol. The fraction of sp³-hybridized carbons (Fsp3) is 0.200. The summed E-state index contributed by atoms with van der Waals surface area (Å²) in [6.07, 6.45) is 1.16. The highest BCUT2D eigenvalue weighted by Crippen LogP contribution is 2.11. The Labute approximate surface area is 104 Å². The summed E-state index contributed by atoms with van der Waals surface area (Å²) in [6.45, 7) is -0.357. The van der Waals surface area contributed by atoms with E-state index in [-0.39, 0.29) is 17.1 Å². The van der Waals surface area contributed by atoms with Crippen molar-refractivity contribution in [1.29, 1.82) is 0 Å². The molecule has 0 saturated heterocycles. The highest BCUT2D eigenvalue weighted by atomic mass is 32.2. The predicted molar refractivity (Wildman–Crippen MR) is 63.4 cm³/mol. The summed E-state index contributed by atoms with van der Waals surface area (Å²) < 4.78 is 26.8. The molecule has 8 heteroatoms. The van der Waals surface area contributed by atoms with E-state index in [0.29, 0.717) is 0 Å². The number of benzene rings is 1. The van der Waals surface area contributed by atoms with Crippen molar-refractivity contribution in [2.45, 2.75) is 4.90 Å². The number of carbonyl (C=O) groups excluding carboxylic acids is 1. The van der Waals surface area contributed by atoms with E-state index < -0.39 is 16.0 Å². The van der Waals surface area contributed by atoms with Gasteiger partial charge in [-0.05, 0) is 6.07 Å². The monoisotopic (exact) mass is 272 g/mol. The molecule has 0 radical (unpaired) electrons. The van der Waals surface area contributed by atoms with E-state index in [9.17, 15) is 13.2 Å². The molecule has 0 aromatic heterocycles. The number of rotatable bonds is 5. The minimum atomic E-state index is -3.83. The van der Waals surface area contributed by atoms with Gasteiger partial charge < -0.3 is 9.57 Å². The van der Waals surface area contributed by atoms with Crippen LogP contribution in [0.3, 0.4) is 0 Å². The third-order valence-electron chi connectivity index (χ3n) is 1.90. The summed E-state index contributed by atoms with van der Waals surface area (Å²) in [5.74, 6) is -0.591. The second-order valence-electron chi connectivity index (χ2n) is 3.17. The first-order valence-electron chi connectivity index (χ1n) is 4.79. The molecule has 98 valence electrons. The first kappa shape index (κ1) is 14.1. The zero-order valence-electron chi connectivity index (χ0n) is 9.57. The van der Waals surface area contributed by atoms with E-state index in [1.54, 1.807) is 6.07 Å². The van der Waals surface area contributed by atoms with Crippen LogP contribution >= 0.6 is 0 Å². The Morgan fingerprint density at radius 2 is 2.11 bits per heavy atom. The molecule has 0 atom stereocenters. The fourth-order valence-electron chi connectivity index (χ4n) is 1.09. The van der Waals surface area contributed by atoms with Crippen molar-refractivity contribution in [3.8, 4) is 0 Å². The molecule has 7 nitrogen and oxygen atoms in total. The summed E-state index contributed by atoms with van der Waals surface area (Å²) in [4.78, 5) is 15.3. The van der Waals surface area contributed by atoms with Crippen LogP contribution in [0, 0.1) is 0 Å². The molecule has 0 fully saturated rings. The maximum absolute atomic E-state index is 11.2. The number of nitrogens with zero attached hydrogens (tertiary/aromatic N) is 1. The Hall–Kier alpha value is -1.93. The lowest BCUT2D eigenvalue weighted by Gasteiger charge is -2.02. The van der Waals surface area contributed by atoms with Crippen molar-refractivity contribution >= 4 is 22.2 Å². The largest absolute Gasteiger partial charge is 0.466 e. The Balaban J connectivity index is 2.79. The van der Waals surface area contributed by atoms with Gasteiger partial charge in [-0.25, -0.2) is 18.4 Å². The Kier molecular flexibility index (Phi) is 4.81. The number of oxime groups is 1. The number of primary sulfonamides is 1. The Morgan fingerprint density at radius 1 is 1.44 bits per heavy atom. The average Bonchev–Trinajstić information content (AvgIpc) is 2.33. The predicted octanol–water partition coefficient (Wildman–Crippen LogP) is -0.142. The molecule has 0 aliphatic carbocycles. The van der Waals surface area contributed by atoms with Crippen LogP contribution < -0.4 is 5.14 Å². The molecule has 0 saturated carbocycles. The van der Waals surface area contributed by atoms with Crippen molar-refractivity contribution in [1.82, 2.24) is 0 Å². The number of sulfonamides is 1. The number of hydrogen-bond donors (Lipinski definition) is 1. The second-order valence-corrected chi connectivity index (χ2v) is 4.70. The van der Waals surface area contributed by atoms with E-state index in [0.717, 1.165) is 6.21 Å². The van der Waals surface area contributed by atoms with Gasteiger partial charge >= 0.3 is 5.97 Å². The van der Waals surface area contributed by atoms with E-state index in [1.807, 2.05) is 0 Å². The lowest BCUT2D eigenvalue weighted by atomic mass is 10.2. The number of hydrogen-bond acceptors (Lipinski definition) is 6. The molecule has 0 unspecified atom stereocenters. The van der Waals surface area contributed by atoms with E-state index in [4.69, 9.17) is 5.14 Å². The Bertz CT molecular complexity index is 553. The summed E-state index contributed by atoms with van der Waals surface area (Å²) >= 11 is 0. The van der Waals surface area contributed by atoms with Crippen LogP contribution in [0.2, 0.25) is 0 Å². The SMILES string of the molecule is COC(=O)CO/N=C/c1ccccc1S(N)(=O)=O. The van der Waals surface area contributed by atoms with Gasteiger partial charge in [-0.1, -0.05) is 23.4 Å². The average molecular weight is 272 g/mol. The van der Waals surface area contributed by atoms with Gasteiger partial charge in [0.05, 0.1) is 18.2 Å². The van der Waals surface area contributed by atoms with Gasteiger partial charge in [-0.15, -0.1) is 0 Å². The molecule has 0 heterocycles. The summed E-state index contributed by atoms with van der Waals surface area (Å²) in [5.41, 5.74) is 0.268. The second kappa shape index (κ2) is 6.12. The van der Waals surface area contributed by atoms with Crippen LogP contribution in [-0.4, -0.2) is 34.3 Å². The molecule has 0 spiro atoms. The molecule has 0 amide bonds. The molecule has 0 aliphatic rings. The lowest BCUT2D eigenvalue weighted by molar-refractivity contribution is -0.145. The van der Waals surface area contributed by atoms with Crippen molar-refractivity contribution in [2.24, 2.45) is 10.3 Å². The van der Waals surface area contributed by atoms with Crippen molar-refractivity contribution in [2.75, 3.05) is 13.7 Å². The van der Waals surface area contributed by atoms with Crippen LogP contribution in [0.1, 0.15) is 5.56 Å². The molecule has 1 aromatic rings. The molecular formula is C10H12N2O5S. The number of ether oxygens (including phenoxy) is 1. The standard InChI is InChI=1S/C10H12N2O5S/c1-16-10(13)7-17-12-6-8-4-2-3-5-9(8)18(11,14)15/h2-6H,7H2,1H3,(H2,11,14,15)/b12-6+. The third-order valence-corrected chi connectivity index (χ3v) is 2.89. The van der Waals surface area contributed by atoms with Gasteiger partial charge in [0.1, 0.15) is 0 Å². The van der Waals surface area contributed by atoms with Crippen LogP contribution in [0.5, 0.6) is 0 Å². The molecule has 1 aromatic carbocycles. The zero-order chi connectivity index (χ0) is 13.6. The topological polar surface area (TPSA) is 108 Å². The van der Waals surface area contributed by atoms with Gasteiger partial charge in [0, 0.05) is 5.56 Å². The lowest BCUT2D eigenvalue weighted by Crippen LogP contribution is -2.14. The molecule has 18 heavy (non-hydrogen) atoms. The highest BCUT2D eigenvalue weighted by molar-refractivity contribution is 7.89. The molecule has 0 aliphatic heterocycles. The van der Waals surface area contributed by atoms with Crippen molar-refractivity contribution in [3.63, 3.8) is 0 Å². The zero-order valence-corrected chi connectivity index (χ0v) is 10.4. The minimum Gasteiger partial charge on any atom is -0.466 e. The minimum absolute atomic E-state index is 0.0737. The first-order valence-corrected chi connectivity index (χ1v) is 6.34. The van der Waals surface area contributed by atoms with Crippen molar-refractivity contribution < 1.29 is 22.8 Å². The molecule has 2 N–H and O–H groups in total. The van der Waals surface area contributed by atoms with Gasteiger partial charge in [-0.2, -0.15) is 0 Å². The van der Waals surface area contributed by atoms with Gasteiger partial charge in [0.15, 0.2) is 0 Å². The van der Waals surface area contributed by atoms with Gasteiger partial charge in [0.25, 0.3) is 0 Å². The number of nitrogens with two attached hydrogens (primary N) is 1. The van der Waals surface area contributed by atoms with E-state index >= 15 is 0 Å². The van der Waals surface area contributed by atoms with Crippen LogP contribution in [0.4, 0.5) is 0 Å². The summed E-state index contributed by atoms with van der Waals surface area (Å²) in [7, 11) is -2.62. The quantitative estimate of drug-likeness (QED) is 0.456. The number of esters is 1. The number of carbonyl (C=O) groups is 1. The van der Waals surface area contributed by atoms with Crippen LogP contribution in [0.15, 0.2) is 34.3 Å². The van der Waals surface area contributed by atoms with Crippen LogP contribution in [0.25, 0.3) is 0 Å². The van der Waals surface area contributed by atoms with E-state index in [2.05, 4.69) is 14.7 Å². The Morgan fingerprint density at radius 3 is 2.72 bits per heavy atom. The summed E-state index contributed by atoms with van der Waals surface area (Å²) in [6, 6.07) is 6.00. The summed E-state index contributed by atoms with van der Waals surface area (Å²) in [5, 5.41) is 8.49. The maximum Gasteiger partial charge on any atom is 0.346 e. The first-order chi connectivity index (χ1) is 8.45. The van der Waals surface area contributed by atoms with Crippen molar-refractivity contribution in [3.05, 3.63) is 29.8 Å². The van der Waals surface area contributed by atoms with Crippen LogP contribution in [-0.2, 0) is 24.4 Å². The van der Waals surface area contributed by atoms with Gasteiger partial charge in [0.2, 0.25) is 16.6 Å². The third kappa shape index (κ3) is 4.15. The maximum atomic E-state index is 11.2. The normalized spacial score (nSPS) is 11.4. The molecule has 0 bridgehead atoms. The number of methoxy groups -OCH3 is 1. The van der Waals surface area contributed by atoms with E-state index in [1.165, 1.54) is 25.3 Å². The molecule has 1 rings (SSSR count). The smallest absolute Gasteiger partial charge is 0.346 e. The highest BCUT2D eigenvalue weighted by Gasteiger charge is 2.11. The van der Waals surface area contributed by atoms with Gasteiger partial charge in [-0.3, -0.25) is 0 Å². The fourth-order valence-corrected chi connectivity index (χ4v) is 1.81.